The average Bonchev–Trinajstić information content (AvgIpc) is 3.25. The van der Waals surface area contributed by atoms with Crippen LogP contribution in [0.1, 0.15) is 30.1 Å². The van der Waals surface area contributed by atoms with Crippen LogP contribution in [0.2, 0.25) is 0 Å². The largest absolute Gasteiger partial charge is 0.384 e. The quantitative estimate of drug-likeness (QED) is 0.878. The van der Waals surface area contributed by atoms with Gasteiger partial charge >= 0.3 is 0 Å². The van der Waals surface area contributed by atoms with E-state index in [0.717, 1.165) is 43.0 Å². The Kier molecular flexibility index (Phi) is 3.50. The molecule has 1 saturated carbocycles. The minimum absolute atomic E-state index is 0.209. The van der Waals surface area contributed by atoms with Gasteiger partial charge in [0.25, 0.3) is 0 Å². The van der Waals surface area contributed by atoms with Crippen LogP contribution in [0, 0.1) is 5.82 Å². The molecule has 20 heavy (non-hydrogen) atoms. The minimum atomic E-state index is -0.209. The Bertz CT molecular complexity index is 593. The SMILES string of the molecule is Nc1cc(NCCc2ccc(F)cc2)nc(C2CC2)n1. The Morgan fingerprint density at radius 3 is 2.65 bits per heavy atom. The molecule has 0 amide bonds. The van der Waals surface area contributed by atoms with Crippen LogP contribution in [0.3, 0.4) is 0 Å². The molecule has 1 fully saturated rings. The normalized spacial score (nSPS) is 14.2. The van der Waals surface area contributed by atoms with Crippen molar-refractivity contribution in [1.29, 1.82) is 0 Å². The molecule has 0 spiro atoms. The summed E-state index contributed by atoms with van der Waals surface area (Å²) in [6, 6.07) is 8.28. The summed E-state index contributed by atoms with van der Waals surface area (Å²) in [7, 11) is 0. The number of nitrogens with two attached hydrogens (primary N) is 1. The average molecular weight is 272 g/mol. The molecular formula is C15H17FN4. The van der Waals surface area contributed by atoms with Gasteiger partial charge in [0.2, 0.25) is 0 Å². The Hall–Kier alpha value is -2.17. The maximum absolute atomic E-state index is 12.8. The zero-order valence-corrected chi connectivity index (χ0v) is 11.1. The Balaban J connectivity index is 1.59. The maximum atomic E-state index is 12.8. The van der Waals surface area contributed by atoms with Crippen LogP contribution in [0.5, 0.6) is 0 Å². The second kappa shape index (κ2) is 5.45. The number of benzene rings is 1. The highest BCUT2D eigenvalue weighted by molar-refractivity contribution is 5.45. The van der Waals surface area contributed by atoms with Crippen molar-refractivity contribution in [1.82, 2.24) is 9.97 Å². The molecular weight excluding hydrogens is 255 g/mol. The third-order valence-electron chi connectivity index (χ3n) is 3.34. The van der Waals surface area contributed by atoms with Crippen LogP contribution in [0.4, 0.5) is 16.0 Å². The fourth-order valence-electron chi connectivity index (χ4n) is 2.09. The van der Waals surface area contributed by atoms with E-state index in [1.807, 2.05) is 0 Å². The number of hydrogen-bond acceptors (Lipinski definition) is 4. The number of nitrogens with one attached hydrogen (secondary N) is 1. The summed E-state index contributed by atoms with van der Waals surface area (Å²) >= 11 is 0. The van der Waals surface area contributed by atoms with Gasteiger partial charge in [0.05, 0.1) is 0 Å². The summed E-state index contributed by atoms with van der Waals surface area (Å²) in [6.07, 6.45) is 3.11. The third-order valence-corrected chi connectivity index (χ3v) is 3.34. The third kappa shape index (κ3) is 3.23. The molecule has 5 heteroatoms. The van der Waals surface area contributed by atoms with E-state index in [-0.39, 0.29) is 5.82 Å². The van der Waals surface area contributed by atoms with Crippen molar-refractivity contribution in [3.8, 4) is 0 Å². The highest BCUT2D eigenvalue weighted by Crippen LogP contribution is 2.38. The standard InChI is InChI=1S/C15H17FN4/c16-12-5-1-10(2-6-12)7-8-18-14-9-13(17)19-15(20-14)11-3-4-11/h1-2,5-6,9,11H,3-4,7-8H2,(H3,17,18,19,20). The number of rotatable bonds is 5. The van der Waals surface area contributed by atoms with E-state index in [4.69, 9.17) is 5.73 Å². The van der Waals surface area contributed by atoms with E-state index in [1.165, 1.54) is 12.1 Å². The summed E-state index contributed by atoms with van der Waals surface area (Å²) < 4.78 is 12.8. The lowest BCUT2D eigenvalue weighted by molar-refractivity contribution is 0.627. The van der Waals surface area contributed by atoms with Crippen molar-refractivity contribution < 1.29 is 4.39 Å². The highest BCUT2D eigenvalue weighted by Gasteiger charge is 2.27. The number of hydrogen-bond donors (Lipinski definition) is 2. The Morgan fingerprint density at radius 2 is 1.95 bits per heavy atom. The molecule has 0 bridgehead atoms. The van der Waals surface area contributed by atoms with Gasteiger partial charge in [0, 0.05) is 18.5 Å². The lowest BCUT2D eigenvalue weighted by Gasteiger charge is -2.08. The van der Waals surface area contributed by atoms with Gasteiger partial charge in [-0.15, -0.1) is 0 Å². The van der Waals surface area contributed by atoms with Gasteiger partial charge in [-0.3, -0.25) is 0 Å². The van der Waals surface area contributed by atoms with Gasteiger partial charge in [-0.1, -0.05) is 12.1 Å². The van der Waals surface area contributed by atoms with Crippen LogP contribution >= 0.6 is 0 Å². The molecule has 3 rings (SSSR count). The predicted molar refractivity (Wildman–Crippen MR) is 77.0 cm³/mol. The fraction of sp³-hybridized carbons (Fsp3) is 0.333. The van der Waals surface area contributed by atoms with Gasteiger partial charge in [-0.05, 0) is 37.0 Å². The van der Waals surface area contributed by atoms with E-state index in [2.05, 4.69) is 15.3 Å². The van der Waals surface area contributed by atoms with Crippen molar-refractivity contribution in [3.05, 3.63) is 47.5 Å². The first-order valence-electron chi connectivity index (χ1n) is 6.83. The fourth-order valence-corrected chi connectivity index (χ4v) is 2.09. The zero-order chi connectivity index (χ0) is 13.9. The highest BCUT2D eigenvalue weighted by atomic mass is 19.1. The van der Waals surface area contributed by atoms with Gasteiger partial charge in [-0.2, -0.15) is 0 Å². The minimum Gasteiger partial charge on any atom is -0.384 e. The topological polar surface area (TPSA) is 63.8 Å². The molecule has 1 aromatic carbocycles. The monoisotopic (exact) mass is 272 g/mol. The van der Waals surface area contributed by atoms with E-state index in [0.29, 0.717) is 11.7 Å². The van der Waals surface area contributed by atoms with Gasteiger partial charge in [0.1, 0.15) is 23.3 Å². The maximum Gasteiger partial charge on any atom is 0.136 e. The van der Waals surface area contributed by atoms with Gasteiger partial charge < -0.3 is 11.1 Å². The molecule has 0 aliphatic heterocycles. The second-order valence-corrected chi connectivity index (χ2v) is 5.11. The zero-order valence-electron chi connectivity index (χ0n) is 11.1. The van der Waals surface area contributed by atoms with Crippen LogP contribution < -0.4 is 11.1 Å². The van der Waals surface area contributed by atoms with Gasteiger partial charge in [-0.25, -0.2) is 14.4 Å². The first-order valence-corrected chi connectivity index (χ1v) is 6.83. The Morgan fingerprint density at radius 1 is 1.20 bits per heavy atom. The van der Waals surface area contributed by atoms with Crippen molar-refractivity contribution in [2.45, 2.75) is 25.2 Å². The molecule has 1 aliphatic rings. The number of halogens is 1. The summed E-state index contributed by atoms with van der Waals surface area (Å²) in [6.45, 7) is 0.728. The summed E-state index contributed by atoms with van der Waals surface area (Å²) in [5, 5.41) is 3.25. The van der Waals surface area contributed by atoms with E-state index in [1.54, 1.807) is 18.2 Å². The van der Waals surface area contributed by atoms with Gasteiger partial charge in [0.15, 0.2) is 0 Å². The van der Waals surface area contributed by atoms with Crippen LogP contribution in [0.15, 0.2) is 30.3 Å². The second-order valence-electron chi connectivity index (χ2n) is 5.11. The molecule has 0 atom stereocenters. The predicted octanol–water partition coefficient (Wildman–Crippen LogP) is 2.73. The van der Waals surface area contributed by atoms with Crippen LogP contribution in [-0.2, 0) is 6.42 Å². The van der Waals surface area contributed by atoms with Crippen LogP contribution in [-0.4, -0.2) is 16.5 Å². The number of nitrogen functional groups attached to an aromatic ring is 1. The molecule has 0 unspecified atom stereocenters. The molecule has 2 aromatic rings. The molecule has 0 radical (unpaired) electrons. The van der Waals surface area contributed by atoms with Crippen molar-refractivity contribution >= 4 is 11.6 Å². The van der Waals surface area contributed by atoms with E-state index in [9.17, 15) is 4.39 Å². The number of nitrogens with zero attached hydrogens (tertiary/aromatic N) is 2. The smallest absolute Gasteiger partial charge is 0.136 e. The van der Waals surface area contributed by atoms with Crippen molar-refractivity contribution in [2.24, 2.45) is 0 Å². The number of anilines is 2. The van der Waals surface area contributed by atoms with E-state index >= 15 is 0 Å². The molecule has 4 nitrogen and oxygen atoms in total. The van der Waals surface area contributed by atoms with Crippen LogP contribution in [0.25, 0.3) is 0 Å². The first kappa shape index (κ1) is 12.8. The lowest BCUT2D eigenvalue weighted by atomic mass is 10.1. The molecule has 104 valence electrons. The molecule has 1 aromatic heterocycles. The number of aromatic nitrogens is 2. The van der Waals surface area contributed by atoms with Crippen molar-refractivity contribution in [3.63, 3.8) is 0 Å². The summed E-state index contributed by atoms with van der Waals surface area (Å²) in [5.41, 5.74) is 6.88. The molecule has 3 N–H and O–H groups in total. The summed E-state index contributed by atoms with van der Waals surface area (Å²) in [4.78, 5) is 8.74. The summed E-state index contributed by atoms with van der Waals surface area (Å²) in [5.74, 6) is 2.39. The van der Waals surface area contributed by atoms with Crippen molar-refractivity contribution in [2.75, 3.05) is 17.6 Å². The first-order chi connectivity index (χ1) is 9.70. The molecule has 1 aliphatic carbocycles. The van der Waals surface area contributed by atoms with E-state index < -0.39 is 0 Å². The molecule has 0 saturated heterocycles. The lowest BCUT2D eigenvalue weighted by Crippen LogP contribution is -2.09. The Labute approximate surface area is 117 Å². The molecule has 1 heterocycles.